The Morgan fingerprint density at radius 1 is 1.45 bits per heavy atom. The van der Waals surface area contributed by atoms with Crippen LogP contribution in [-0.2, 0) is 9.53 Å². The standard InChI is InChI=1S/C15H22INO3/c1-4-12(5-2)17(10-11-19-3)15(18)9-7-13-6-8-14(16)20-13/h6-9,12H,4-5,10-11H2,1-3H3/b9-7+. The molecule has 0 spiro atoms. The van der Waals surface area contributed by atoms with E-state index < -0.39 is 0 Å². The van der Waals surface area contributed by atoms with Gasteiger partial charge in [-0.25, -0.2) is 0 Å². The number of hydrogen-bond acceptors (Lipinski definition) is 3. The van der Waals surface area contributed by atoms with Crippen molar-refractivity contribution in [2.45, 2.75) is 32.7 Å². The molecule has 0 atom stereocenters. The summed E-state index contributed by atoms with van der Waals surface area (Å²) in [7, 11) is 1.65. The number of ether oxygens (including phenoxy) is 1. The van der Waals surface area contributed by atoms with Gasteiger partial charge in [-0.1, -0.05) is 13.8 Å². The van der Waals surface area contributed by atoms with Crippen LogP contribution < -0.4 is 0 Å². The average molecular weight is 391 g/mol. The molecule has 0 aliphatic carbocycles. The molecule has 112 valence electrons. The summed E-state index contributed by atoms with van der Waals surface area (Å²) < 4.78 is 11.3. The van der Waals surface area contributed by atoms with Crippen molar-refractivity contribution in [3.63, 3.8) is 0 Å². The zero-order chi connectivity index (χ0) is 15.0. The number of halogens is 1. The summed E-state index contributed by atoms with van der Waals surface area (Å²) >= 11 is 2.10. The molecule has 0 saturated heterocycles. The lowest BCUT2D eigenvalue weighted by Gasteiger charge is -2.29. The summed E-state index contributed by atoms with van der Waals surface area (Å²) in [5.74, 6) is 0.696. The minimum atomic E-state index is 0.00200. The third-order valence-corrected chi connectivity index (χ3v) is 3.77. The SMILES string of the molecule is CCC(CC)N(CCOC)C(=O)/C=C/c1ccc(I)o1. The van der Waals surface area contributed by atoms with Gasteiger partial charge in [0, 0.05) is 25.8 Å². The number of amides is 1. The first-order chi connectivity index (χ1) is 9.62. The maximum absolute atomic E-state index is 12.3. The van der Waals surface area contributed by atoms with E-state index in [0.29, 0.717) is 18.9 Å². The highest BCUT2D eigenvalue weighted by atomic mass is 127. The smallest absolute Gasteiger partial charge is 0.247 e. The number of carbonyl (C=O) groups excluding carboxylic acids is 1. The van der Waals surface area contributed by atoms with Crippen LogP contribution in [0.4, 0.5) is 0 Å². The highest BCUT2D eigenvalue weighted by Crippen LogP contribution is 2.13. The topological polar surface area (TPSA) is 42.7 Å². The molecule has 5 heteroatoms. The van der Waals surface area contributed by atoms with E-state index in [1.54, 1.807) is 19.3 Å². The van der Waals surface area contributed by atoms with Crippen molar-refractivity contribution < 1.29 is 13.9 Å². The van der Waals surface area contributed by atoms with Crippen LogP contribution in [0.3, 0.4) is 0 Å². The second kappa shape index (κ2) is 9.18. The molecule has 1 aromatic heterocycles. The molecule has 0 radical (unpaired) electrons. The van der Waals surface area contributed by atoms with Gasteiger partial charge in [0.05, 0.1) is 6.61 Å². The molecule has 1 aromatic rings. The van der Waals surface area contributed by atoms with Gasteiger partial charge in [-0.05, 0) is 53.6 Å². The van der Waals surface area contributed by atoms with Gasteiger partial charge in [0.2, 0.25) is 5.91 Å². The van der Waals surface area contributed by atoms with Crippen molar-refractivity contribution >= 4 is 34.6 Å². The molecule has 1 amide bonds. The van der Waals surface area contributed by atoms with Gasteiger partial charge in [0.15, 0.2) is 3.77 Å². The van der Waals surface area contributed by atoms with Gasteiger partial charge in [-0.2, -0.15) is 0 Å². The van der Waals surface area contributed by atoms with Crippen molar-refractivity contribution in [3.05, 3.63) is 27.7 Å². The Kier molecular flexibility index (Phi) is 7.91. The van der Waals surface area contributed by atoms with E-state index in [-0.39, 0.29) is 11.9 Å². The van der Waals surface area contributed by atoms with Gasteiger partial charge < -0.3 is 14.1 Å². The van der Waals surface area contributed by atoms with E-state index in [9.17, 15) is 4.79 Å². The molecular weight excluding hydrogens is 369 g/mol. The summed E-state index contributed by atoms with van der Waals surface area (Å²) in [6, 6.07) is 3.97. The van der Waals surface area contributed by atoms with Crippen LogP contribution >= 0.6 is 22.6 Å². The lowest BCUT2D eigenvalue weighted by molar-refractivity contribution is -0.129. The van der Waals surface area contributed by atoms with E-state index in [4.69, 9.17) is 9.15 Å². The molecule has 0 bridgehead atoms. The highest BCUT2D eigenvalue weighted by Gasteiger charge is 2.18. The summed E-state index contributed by atoms with van der Waals surface area (Å²) in [4.78, 5) is 14.2. The Balaban J connectivity index is 2.73. The van der Waals surface area contributed by atoms with Crippen LogP contribution in [0.25, 0.3) is 6.08 Å². The molecular formula is C15H22INO3. The number of methoxy groups -OCH3 is 1. The zero-order valence-corrected chi connectivity index (χ0v) is 14.4. The molecule has 0 N–H and O–H groups in total. The van der Waals surface area contributed by atoms with Crippen LogP contribution in [0, 0.1) is 3.77 Å². The Bertz CT molecular complexity index is 438. The van der Waals surface area contributed by atoms with E-state index in [1.807, 2.05) is 17.0 Å². The maximum atomic E-state index is 12.3. The van der Waals surface area contributed by atoms with Crippen molar-refractivity contribution in [2.24, 2.45) is 0 Å². The Labute approximate surface area is 134 Å². The first-order valence-corrected chi connectivity index (χ1v) is 7.93. The van der Waals surface area contributed by atoms with Crippen molar-refractivity contribution in [3.8, 4) is 0 Å². The molecule has 0 fully saturated rings. The first kappa shape index (κ1) is 17.2. The molecule has 0 aromatic carbocycles. The van der Waals surface area contributed by atoms with Crippen molar-refractivity contribution in [1.29, 1.82) is 0 Å². The Hall–Kier alpha value is -0.820. The van der Waals surface area contributed by atoms with E-state index >= 15 is 0 Å². The lowest BCUT2D eigenvalue weighted by atomic mass is 10.1. The van der Waals surface area contributed by atoms with Gasteiger partial charge in [0.1, 0.15) is 5.76 Å². The average Bonchev–Trinajstić information content (AvgIpc) is 2.86. The fraction of sp³-hybridized carbons (Fsp3) is 0.533. The molecule has 0 aliphatic heterocycles. The monoisotopic (exact) mass is 391 g/mol. The van der Waals surface area contributed by atoms with Crippen LogP contribution in [0.2, 0.25) is 0 Å². The normalized spacial score (nSPS) is 11.4. The van der Waals surface area contributed by atoms with Crippen LogP contribution in [0.15, 0.2) is 22.6 Å². The minimum absolute atomic E-state index is 0.00200. The highest BCUT2D eigenvalue weighted by molar-refractivity contribution is 14.1. The van der Waals surface area contributed by atoms with Gasteiger partial charge in [-0.3, -0.25) is 4.79 Å². The third-order valence-electron chi connectivity index (χ3n) is 3.19. The summed E-state index contributed by atoms with van der Waals surface area (Å²) in [5, 5.41) is 0. The molecule has 1 rings (SSSR count). The number of carbonyl (C=O) groups is 1. The van der Waals surface area contributed by atoms with Gasteiger partial charge in [-0.15, -0.1) is 0 Å². The quantitative estimate of drug-likeness (QED) is 0.503. The Morgan fingerprint density at radius 3 is 2.65 bits per heavy atom. The van der Waals surface area contributed by atoms with Crippen LogP contribution in [0.5, 0.6) is 0 Å². The summed E-state index contributed by atoms with van der Waals surface area (Å²) in [6.45, 7) is 5.36. The second-order valence-electron chi connectivity index (χ2n) is 4.47. The maximum Gasteiger partial charge on any atom is 0.247 e. The molecule has 1 heterocycles. The summed E-state index contributed by atoms with van der Waals surface area (Å²) in [5.41, 5.74) is 0. The number of rotatable bonds is 8. The fourth-order valence-corrected chi connectivity index (χ4v) is 2.49. The van der Waals surface area contributed by atoms with Gasteiger partial charge in [0.25, 0.3) is 0 Å². The second-order valence-corrected chi connectivity index (χ2v) is 5.53. The van der Waals surface area contributed by atoms with Crippen molar-refractivity contribution in [2.75, 3.05) is 20.3 Å². The first-order valence-electron chi connectivity index (χ1n) is 6.85. The van der Waals surface area contributed by atoms with E-state index in [2.05, 4.69) is 36.4 Å². The lowest BCUT2D eigenvalue weighted by Crippen LogP contribution is -2.40. The molecule has 4 nitrogen and oxygen atoms in total. The predicted octanol–water partition coefficient (Wildman–Crippen LogP) is 3.56. The number of hydrogen-bond donors (Lipinski definition) is 0. The molecule has 0 unspecified atom stereocenters. The molecule has 20 heavy (non-hydrogen) atoms. The molecule has 0 saturated carbocycles. The number of nitrogens with zero attached hydrogens (tertiary/aromatic N) is 1. The largest absolute Gasteiger partial charge is 0.451 e. The van der Waals surface area contributed by atoms with Gasteiger partial charge >= 0.3 is 0 Å². The van der Waals surface area contributed by atoms with E-state index in [0.717, 1.165) is 16.6 Å². The van der Waals surface area contributed by atoms with Crippen LogP contribution in [0.1, 0.15) is 32.4 Å². The molecule has 0 aliphatic rings. The fourth-order valence-electron chi connectivity index (χ4n) is 2.06. The van der Waals surface area contributed by atoms with E-state index in [1.165, 1.54) is 0 Å². The Morgan fingerprint density at radius 2 is 2.15 bits per heavy atom. The zero-order valence-electron chi connectivity index (χ0n) is 12.3. The minimum Gasteiger partial charge on any atom is -0.451 e. The predicted molar refractivity (Wildman–Crippen MR) is 88.4 cm³/mol. The third kappa shape index (κ3) is 5.28. The van der Waals surface area contributed by atoms with Crippen molar-refractivity contribution in [1.82, 2.24) is 4.90 Å². The summed E-state index contributed by atoms with van der Waals surface area (Å²) in [6.07, 6.45) is 5.17. The number of furan rings is 1. The van der Waals surface area contributed by atoms with Crippen LogP contribution in [-0.4, -0.2) is 37.1 Å².